The van der Waals surface area contributed by atoms with Crippen LogP contribution in [-0.2, 0) is 0 Å². The summed E-state index contributed by atoms with van der Waals surface area (Å²) in [6, 6.07) is 21.4. The molecule has 2 nitrogen and oxygen atoms in total. The zero-order valence-electron chi connectivity index (χ0n) is 14.3. The van der Waals surface area contributed by atoms with Crippen LogP contribution in [0.25, 0.3) is 0 Å². The molecule has 0 atom stereocenters. The standard InChI is InChI=1S/C22H12Cl2O2S2/c23-13-9-11-14(12-10-13)27-21-19(25)15-5-1-2-6-16(15)20(26)22(21)28-18-8-4-3-7-17(18)24/h1-12H. The number of allylic oxidation sites excluding steroid dienone is 2. The Morgan fingerprint density at radius 2 is 1.14 bits per heavy atom. The summed E-state index contributed by atoms with van der Waals surface area (Å²) in [6.07, 6.45) is 0. The van der Waals surface area contributed by atoms with Crippen molar-refractivity contribution in [3.8, 4) is 0 Å². The first kappa shape index (κ1) is 19.3. The van der Waals surface area contributed by atoms with Gasteiger partial charge in [-0.3, -0.25) is 9.59 Å². The smallest absolute Gasteiger partial charge is 0.201 e. The first-order valence-corrected chi connectivity index (χ1v) is 10.7. The third-order valence-corrected chi connectivity index (χ3v) is 7.21. The van der Waals surface area contributed by atoms with E-state index in [-0.39, 0.29) is 11.6 Å². The number of hydrogen-bond donors (Lipinski definition) is 0. The number of Topliss-reactive ketones (excluding diaryl/α,β-unsaturated/α-hetero) is 2. The van der Waals surface area contributed by atoms with Crippen molar-refractivity contribution in [2.45, 2.75) is 9.79 Å². The van der Waals surface area contributed by atoms with E-state index in [1.54, 1.807) is 42.5 Å². The molecule has 0 unspecified atom stereocenters. The number of thioether (sulfide) groups is 2. The summed E-state index contributed by atoms with van der Waals surface area (Å²) >= 11 is 14.8. The summed E-state index contributed by atoms with van der Waals surface area (Å²) in [7, 11) is 0. The summed E-state index contributed by atoms with van der Waals surface area (Å²) in [5.74, 6) is -0.332. The van der Waals surface area contributed by atoms with E-state index < -0.39 is 0 Å². The second kappa shape index (κ2) is 8.18. The fourth-order valence-corrected chi connectivity index (χ4v) is 5.22. The molecule has 138 valence electrons. The molecule has 0 spiro atoms. The minimum atomic E-state index is -0.170. The molecule has 4 rings (SSSR count). The van der Waals surface area contributed by atoms with Gasteiger partial charge in [0.2, 0.25) is 11.6 Å². The topological polar surface area (TPSA) is 34.1 Å². The average Bonchev–Trinajstić information content (AvgIpc) is 2.71. The van der Waals surface area contributed by atoms with E-state index in [0.29, 0.717) is 31.0 Å². The molecule has 0 aliphatic heterocycles. The van der Waals surface area contributed by atoms with Crippen molar-refractivity contribution in [2.75, 3.05) is 0 Å². The quantitative estimate of drug-likeness (QED) is 0.428. The van der Waals surface area contributed by atoms with Crippen LogP contribution < -0.4 is 0 Å². The second-order valence-electron chi connectivity index (χ2n) is 5.95. The van der Waals surface area contributed by atoms with E-state index in [2.05, 4.69) is 0 Å². The maximum atomic E-state index is 13.2. The van der Waals surface area contributed by atoms with E-state index in [1.165, 1.54) is 23.5 Å². The molecule has 28 heavy (non-hydrogen) atoms. The van der Waals surface area contributed by atoms with Crippen LogP contribution in [-0.4, -0.2) is 11.6 Å². The Bertz CT molecular complexity index is 1120. The largest absolute Gasteiger partial charge is 0.288 e. The van der Waals surface area contributed by atoms with Crippen LogP contribution >= 0.6 is 46.7 Å². The molecule has 1 aliphatic rings. The summed E-state index contributed by atoms with van der Waals surface area (Å²) in [5, 5.41) is 1.15. The van der Waals surface area contributed by atoms with Crippen molar-refractivity contribution in [3.05, 3.63) is 104 Å². The Balaban J connectivity index is 1.83. The Labute approximate surface area is 180 Å². The molecule has 0 amide bonds. The van der Waals surface area contributed by atoms with Crippen molar-refractivity contribution >= 4 is 58.3 Å². The fraction of sp³-hybridized carbons (Fsp3) is 0. The van der Waals surface area contributed by atoms with Gasteiger partial charge in [0.1, 0.15) is 0 Å². The SMILES string of the molecule is O=C1C(Sc2ccc(Cl)cc2)=C(Sc2ccccc2Cl)C(=O)c2ccccc21. The zero-order chi connectivity index (χ0) is 19.7. The molecule has 3 aromatic carbocycles. The molecule has 6 heteroatoms. The lowest BCUT2D eigenvalue weighted by Crippen LogP contribution is -2.19. The van der Waals surface area contributed by atoms with Gasteiger partial charge < -0.3 is 0 Å². The molecule has 1 aliphatic carbocycles. The first-order chi connectivity index (χ1) is 13.5. The number of halogens is 2. The Kier molecular flexibility index (Phi) is 5.65. The fourth-order valence-electron chi connectivity index (χ4n) is 2.77. The van der Waals surface area contributed by atoms with Crippen LogP contribution in [0.15, 0.2) is 92.4 Å². The lowest BCUT2D eigenvalue weighted by molar-refractivity contribution is 0.0988. The molecular weight excluding hydrogens is 431 g/mol. The van der Waals surface area contributed by atoms with Gasteiger partial charge in [-0.1, -0.05) is 83.1 Å². The monoisotopic (exact) mass is 442 g/mol. The van der Waals surface area contributed by atoms with Gasteiger partial charge >= 0.3 is 0 Å². The normalized spacial score (nSPS) is 13.6. The summed E-state index contributed by atoms with van der Waals surface area (Å²) in [6.45, 7) is 0. The van der Waals surface area contributed by atoms with E-state index in [0.717, 1.165) is 9.79 Å². The van der Waals surface area contributed by atoms with Gasteiger partial charge in [-0.25, -0.2) is 0 Å². The van der Waals surface area contributed by atoms with E-state index >= 15 is 0 Å². The van der Waals surface area contributed by atoms with Crippen molar-refractivity contribution in [1.82, 2.24) is 0 Å². The van der Waals surface area contributed by atoms with Gasteiger partial charge in [0, 0.05) is 25.9 Å². The number of rotatable bonds is 4. The Morgan fingerprint density at radius 1 is 0.607 bits per heavy atom. The molecule has 0 heterocycles. The van der Waals surface area contributed by atoms with Crippen LogP contribution in [0, 0.1) is 0 Å². The highest BCUT2D eigenvalue weighted by Gasteiger charge is 2.33. The van der Waals surface area contributed by atoms with Crippen molar-refractivity contribution in [2.24, 2.45) is 0 Å². The third kappa shape index (κ3) is 3.78. The van der Waals surface area contributed by atoms with Gasteiger partial charge in [0.25, 0.3) is 0 Å². The zero-order valence-corrected chi connectivity index (χ0v) is 17.5. The summed E-state index contributed by atoms with van der Waals surface area (Å²) < 4.78 is 0. The predicted octanol–water partition coefficient (Wildman–Crippen LogP) is 7.17. The van der Waals surface area contributed by atoms with Gasteiger partial charge in [-0.05, 0) is 36.4 Å². The van der Waals surface area contributed by atoms with Crippen LogP contribution in [0.3, 0.4) is 0 Å². The molecule has 0 aromatic heterocycles. The summed E-state index contributed by atoms with van der Waals surface area (Å²) in [5.41, 5.74) is 0.843. The number of fused-ring (bicyclic) bond motifs is 1. The number of benzene rings is 3. The molecule has 0 saturated heterocycles. The lowest BCUT2D eigenvalue weighted by Gasteiger charge is -2.20. The van der Waals surface area contributed by atoms with Gasteiger partial charge in [0.05, 0.1) is 14.8 Å². The maximum Gasteiger partial charge on any atom is 0.201 e. The predicted molar refractivity (Wildman–Crippen MR) is 117 cm³/mol. The molecule has 0 bridgehead atoms. The highest BCUT2D eigenvalue weighted by atomic mass is 35.5. The highest BCUT2D eigenvalue weighted by molar-refractivity contribution is 8.08. The number of carbonyl (C=O) groups is 2. The minimum Gasteiger partial charge on any atom is -0.288 e. The first-order valence-electron chi connectivity index (χ1n) is 8.33. The Morgan fingerprint density at radius 3 is 1.75 bits per heavy atom. The molecule has 0 N–H and O–H groups in total. The van der Waals surface area contributed by atoms with Gasteiger partial charge in [-0.15, -0.1) is 0 Å². The molecule has 0 radical (unpaired) electrons. The number of ketones is 2. The van der Waals surface area contributed by atoms with Crippen molar-refractivity contribution in [1.29, 1.82) is 0 Å². The molecule has 0 saturated carbocycles. The van der Waals surface area contributed by atoms with Crippen LogP contribution in [0.1, 0.15) is 20.7 Å². The summed E-state index contributed by atoms with van der Waals surface area (Å²) in [4.78, 5) is 28.8. The molecular formula is C22H12Cl2O2S2. The van der Waals surface area contributed by atoms with Gasteiger partial charge in [-0.2, -0.15) is 0 Å². The van der Waals surface area contributed by atoms with Crippen LogP contribution in [0.4, 0.5) is 0 Å². The second-order valence-corrected chi connectivity index (χ2v) is 8.93. The average molecular weight is 443 g/mol. The van der Waals surface area contributed by atoms with Crippen LogP contribution in [0.2, 0.25) is 10.0 Å². The van der Waals surface area contributed by atoms with Crippen LogP contribution in [0.5, 0.6) is 0 Å². The number of hydrogen-bond acceptors (Lipinski definition) is 4. The lowest BCUT2D eigenvalue weighted by atomic mass is 9.94. The maximum absolute atomic E-state index is 13.2. The molecule has 0 fully saturated rings. The molecule has 3 aromatic rings. The Hall–Kier alpha value is -1.98. The number of carbonyl (C=O) groups excluding carboxylic acids is 2. The highest BCUT2D eigenvalue weighted by Crippen LogP contribution is 2.44. The third-order valence-electron chi connectivity index (χ3n) is 4.12. The van der Waals surface area contributed by atoms with Crippen molar-refractivity contribution in [3.63, 3.8) is 0 Å². The van der Waals surface area contributed by atoms with E-state index in [9.17, 15) is 9.59 Å². The van der Waals surface area contributed by atoms with E-state index in [4.69, 9.17) is 23.2 Å². The van der Waals surface area contributed by atoms with Gasteiger partial charge in [0.15, 0.2) is 0 Å². The van der Waals surface area contributed by atoms with Crippen molar-refractivity contribution < 1.29 is 9.59 Å². The minimum absolute atomic E-state index is 0.162. The van der Waals surface area contributed by atoms with E-state index in [1.807, 2.05) is 30.3 Å².